The fourth-order valence-electron chi connectivity index (χ4n) is 2.39. The fraction of sp³-hybridized carbons (Fsp3) is 0.316. The molecule has 1 amide bonds. The maximum Gasteiger partial charge on any atom is 0.222 e. The second-order valence-electron chi connectivity index (χ2n) is 5.44. The van der Waals surface area contributed by atoms with Crippen molar-refractivity contribution in [2.75, 3.05) is 26.1 Å². The zero-order valence-electron chi connectivity index (χ0n) is 14.3. The van der Waals surface area contributed by atoms with Gasteiger partial charge in [-0.1, -0.05) is 30.3 Å². The molecule has 2 aromatic carbocycles. The number of amides is 1. The molecule has 24 heavy (non-hydrogen) atoms. The van der Waals surface area contributed by atoms with Crippen molar-refractivity contribution in [2.24, 2.45) is 0 Å². The second-order valence-corrected chi connectivity index (χ2v) is 5.44. The van der Waals surface area contributed by atoms with Crippen LogP contribution in [0.2, 0.25) is 0 Å². The molecule has 0 fully saturated rings. The number of benzene rings is 2. The molecular weight excluding hydrogens is 304 g/mol. The minimum atomic E-state index is -0.00535. The van der Waals surface area contributed by atoms with E-state index in [0.717, 1.165) is 17.0 Å². The number of ether oxygens (including phenoxy) is 2. The third-order valence-corrected chi connectivity index (χ3v) is 3.75. The maximum atomic E-state index is 12.1. The average molecular weight is 328 g/mol. The van der Waals surface area contributed by atoms with Gasteiger partial charge in [-0.25, -0.2) is 0 Å². The van der Waals surface area contributed by atoms with Crippen LogP contribution in [0.25, 0.3) is 0 Å². The van der Waals surface area contributed by atoms with E-state index in [9.17, 15) is 4.79 Å². The summed E-state index contributed by atoms with van der Waals surface area (Å²) in [6.45, 7) is 2.50. The molecule has 0 bridgehead atoms. The van der Waals surface area contributed by atoms with Gasteiger partial charge < -0.3 is 20.1 Å². The molecule has 0 aliphatic rings. The Kier molecular flexibility index (Phi) is 6.49. The summed E-state index contributed by atoms with van der Waals surface area (Å²) in [6.07, 6.45) is 0.381. The normalized spacial score (nSPS) is 11.5. The minimum absolute atomic E-state index is 0.00535. The van der Waals surface area contributed by atoms with E-state index in [0.29, 0.717) is 18.7 Å². The quantitative estimate of drug-likeness (QED) is 0.780. The van der Waals surface area contributed by atoms with Crippen molar-refractivity contribution in [3.63, 3.8) is 0 Å². The van der Waals surface area contributed by atoms with Crippen molar-refractivity contribution in [2.45, 2.75) is 19.4 Å². The van der Waals surface area contributed by atoms with Gasteiger partial charge in [-0.05, 0) is 24.6 Å². The van der Waals surface area contributed by atoms with Gasteiger partial charge in [-0.2, -0.15) is 0 Å². The highest BCUT2D eigenvalue weighted by Crippen LogP contribution is 2.28. The summed E-state index contributed by atoms with van der Waals surface area (Å²) in [5.74, 6) is 1.42. The molecule has 1 unspecified atom stereocenters. The van der Waals surface area contributed by atoms with Crippen LogP contribution in [0.3, 0.4) is 0 Å². The van der Waals surface area contributed by atoms with Crippen LogP contribution in [0.4, 0.5) is 5.69 Å². The Morgan fingerprint density at radius 2 is 1.83 bits per heavy atom. The van der Waals surface area contributed by atoms with Crippen molar-refractivity contribution in [3.05, 3.63) is 54.1 Å². The standard InChI is InChI=1S/C19H24N2O3/c1-14(15-7-5-4-6-8-15)21-19(22)11-12-20-17-10-9-16(23-2)13-18(17)24-3/h4-10,13-14,20H,11-12H2,1-3H3,(H,21,22). The van der Waals surface area contributed by atoms with Crippen LogP contribution in [-0.2, 0) is 4.79 Å². The van der Waals surface area contributed by atoms with Crippen molar-refractivity contribution < 1.29 is 14.3 Å². The van der Waals surface area contributed by atoms with E-state index >= 15 is 0 Å². The monoisotopic (exact) mass is 328 g/mol. The van der Waals surface area contributed by atoms with E-state index in [1.54, 1.807) is 20.3 Å². The number of methoxy groups -OCH3 is 2. The van der Waals surface area contributed by atoms with Gasteiger partial charge in [0.25, 0.3) is 0 Å². The molecule has 0 heterocycles. The predicted molar refractivity (Wildman–Crippen MR) is 95.7 cm³/mol. The minimum Gasteiger partial charge on any atom is -0.497 e. The molecule has 2 aromatic rings. The predicted octanol–water partition coefficient (Wildman–Crippen LogP) is 3.38. The Bertz CT molecular complexity index is 659. The number of rotatable bonds is 8. The number of carbonyl (C=O) groups is 1. The van der Waals surface area contributed by atoms with E-state index in [-0.39, 0.29) is 11.9 Å². The Labute approximate surface area is 143 Å². The smallest absolute Gasteiger partial charge is 0.222 e. The van der Waals surface area contributed by atoms with Crippen LogP contribution in [0, 0.1) is 0 Å². The van der Waals surface area contributed by atoms with E-state index in [1.165, 1.54) is 0 Å². The van der Waals surface area contributed by atoms with Crippen molar-refractivity contribution in [1.82, 2.24) is 5.32 Å². The lowest BCUT2D eigenvalue weighted by Gasteiger charge is -2.15. The molecule has 5 heteroatoms. The molecule has 0 radical (unpaired) electrons. The summed E-state index contributed by atoms with van der Waals surface area (Å²) in [4.78, 5) is 12.1. The van der Waals surface area contributed by atoms with Crippen LogP contribution in [0.5, 0.6) is 11.5 Å². The second kappa shape index (κ2) is 8.82. The molecule has 0 aliphatic heterocycles. The first-order valence-electron chi connectivity index (χ1n) is 7.94. The van der Waals surface area contributed by atoms with Gasteiger partial charge in [0.15, 0.2) is 0 Å². The Hall–Kier alpha value is -2.69. The lowest BCUT2D eigenvalue weighted by atomic mass is 10.1. The van der Waals surface area contributed by atoms with E-state index in [1.807, 2.05) is 49.4 Å². The lowest BCUT2D eigenvalue weighted by molar-refractivity contribution is -0.121. The van der Waals surface area contributed by atoms with Crippen LogP contribution < -0.4 is 20.1 Å². The van der Waals surface area contributed by atoms with E-state index in [2.05, 4.69) is 10.6 Å². The topological polar surface area (TPSA) is 59.6 Å². The molecule has 2 N–H and O–H groups in total. The highest BCUT2D eigenvalue weighted by atomic mass is 16.5. The number of nitrogens with one attached hydrogen (secondary N) is 2. The van der Waals surface area contributed by atoms with Crippen LogP contribution in [-0.4, -0.2) is 26.7 Å². The van der Waals surface area contributed by atoms with Gasteiger partial charge in [0.05, 0.1) is 25.9 Å². The maximum absolute atomic E-state index is 12.1. The Balaban J connectivity index is 1.82. The molecule has 0 saturated heterocycles. The molecule has 1 atom stereocenters. The van der Waals surface area contributed by atoms with Crippen molar-refractivity contribution in [3.8, 4) is 11.5 Å². The van der Waals surface area contributed by atoms with Gasteiger partial charge >= 0.3 is 0 Å². The molecular formula is C19H24N2O3. The Morgan fingerprint density at radius 3 is 2.50 bits per heavy atom. The zero-order valence-corrected chi connectivity index (χ0v) is 14.3. The highest BCUT2D eigenvalue weighted by Gasteiger charge is 2.10. The summed E-state index contributed by atoms with van der Waals surface area (Å²) >= 11 is 0. The van der Waals surface area contributed by atoms with Gasteiger partial charge in [0.1, 0.15) is 11.5 Å². The first kappa shape index (κ1) is 17.7. The van der Waals surface area contributed by atoms with Crippen LogP contribution in [0.1, 0.15) is 24.9 Å². The van der Waals surface area contributed by atoms with Crippen molar-refractivity contribution in [1.29, 1.82) is 0 Å². The fourth-order valence-corrected chi connectivity index (χ4v) is 2.39. The molecule has 0 saturated carbocycles. The number of anilines is 1. The summed E-state index contributed by atoms with van der Waals surface area (Å²) < 4.78 is 10.5. The van der Waals surface area contributed by atoms with Gasteiger partial charge in [0.2, 0.25) is 5.91 Å². The SMILES string of the molecule is COc1ccc(NCCC(=O)NC(C)c2ccccc2)c(OC)c1. The summed E-state index contributed by atoms with van der Waals surface area (Å²) in [5, 5.41) is 6.22. The van der Waals surface area contributed by atoms with Crippen LogP contribution >= 0.6 is 0 Å². The van der Waals surface area contributed by atoms with Crippen LogP contribution in [0.15, 0.2) is 48.5 Å². The van der Waals surface area contributed by atoms with Crippen molar-refractivity contribution >= 4 is 11.6 Å². The summed E-state index contributed by atoms with van der Waals surface area (Å²) in [7, 11) is 3.22. The number of carbonyl (C=O) groups excluding carboxylic acids is 1. The van der Waals surface area contributed by atoms with E-state index in [4.69, 9.17) is 9.47 Å². The van der Waals surface area contributed by atoms with E-state index < -0.39 is 0 Å². The summed E-state index contributed by atoms with van der Waals surface area (Å²) in [5.41, 5.74) is 1.93. The first-order chi connectivity index (χ1) is 11.6. The third-order valence-electron chi connectivity index (χ3n) is 3.75. The highest BCUT2D eigenvalue weighted by molar-refractivity contribution is 5.77. The van der Waals surface area contributed by atoms with Gasteiger partial charge in [0, 0.05) is 19.0 Å². The molecule has 128 valence electrons. The number of hydrogen-bond donors (Lipinski definition) is 2. The molecule has 0 aromatic heterocycles. The molecule has 2 rings (SSSR count). The summed E-state index contributed by atoms with van der Waals surface area (Å²) in [6, 6.07) is 15.4. The average Bonchev–Trinajstić information content (AvgIpc) is 2.62. The lowest BCUT2D eigenvalue weighted by Crippen LogP contribution is -2.28. The zero-order chi connectivity index (χ0) is 17.4. The molecule has 5 nitrogen and oxygen atoms in total. The molecule has 0 spiro atoms. The molecule has 0 aliphatic carbocycles. The largest absolute Gasteiger partial charge is 0.497 e. The Morgan fingerprint density at radius 1 is 1.08 bits per heavy atom. The van der Waals surface area contributed by atoms with Gasteiger partial charge in [-0.3, -0.25) is 4.79 Å². The number of hydrogen-bond acceptors (Lipinski definition) is 4. The third kappa shape index (κ3) is 4.91. The first-order valence-corrected chi connectivity index (χ1v) is 7.94. The van der Waals surface area contributed by atoms with Gasteiger partial charge in [-0.15, -0.1) is 0 Å².